The fourth-order valence-electron chi connectivity index (χ4n) is 1.61. The number of rotatable bonds is 7. The van der Waals surface area contributed by atoms with E-state index in [2.05, 4.69) is 10.1 Å². The zero-order chi connectivity index (χ0) is 15.9. The zero-order valence-corrected chi connectivity index (χ0v) is 10.9. The Hall–Kier alpha value is -2.09. The third-order valence-electron chi connectivity index (χ3n) is 2.41. The third kappa shape index (κ3) is 7.31. The largest absolute Gasteiger partial charge is 0.481 e. The van der Waals surface area contributed by atoms with Crippen molar-refractivity contribution in [2.24, 2.45) is 0 Å². The SMILES string of the molecule is O=C(O)C[C@H](NC(=O)COCC(F)(F)F)c1ccccc1. The molecule has 0 bridgehead atoms. The molecule has 0 unspecified atom stereocenters. The lowest BCUT2D eigenvalue weighted by atomic mass is 10.0. The molecule has 1 aromatic rings. The molecule has 5 nitrogen and oxygen atoms in total. The van der Waals surface area contributed by atoms with Crippen molar-refractivity contribution in [3.63, 3.8) is 0 Å². The third-order valence-corrected chi connectivity index (χ3v) is 2.41. The molecule has 0 radical (unpaired) electrons. The molecule has 8 heteroatoms. The lowest BCUT2D eigenvalue weighted by molar-refractivity contribution is -0.175. The van der Waals surface area contributed by atoms with Gasteiger partial charge in [0.25, 0.3) is 0 Å². The molecule has 0 heterocycles. The minimum absolute atomic E-state index is 0.380. The lowest BCUT2D eigenvalue weighted by Crippen LogP contribution is -2.34. The molecule has 0 aliphatic carbocycles. The average molecular weight is 305 g/mol. The van der Waals surface area contributed by atoms with Gasteiger partial charge in [-0.1, -0.05) is 30.3 Å². The standard InChI is InChI=1S/C13H14F3NO4/c14-13(15,16)8-21-7-11(18)17-10(6-12(19)20)9-4-2-1-3-5-9/h1-5,10H,6-8H2,(H,17,18)(H,19,20)/t10-/m0/s1. The molecule has 116 valence electrons. The van der Waals surface area contributed by atoms with Gasteiger partial charge in [-0.2, -0.15) is 13.2 Å². The summed E-state index contributed by atoms with van der Waals surface area (Å²) in [6, 6.07) is 7.45. The second-order valence-electron chi connectivity index (χ2n) is 4.24. The van der Waals surface area contributed by atoms with E-state index in [1.165, 1.54) is 0 Å². The van der Waals surface area contributed by atoms with Crippen molar-refractivity contribution in [3.8, 4) is 0 Å². The summed E-state index contributed by atoms with van der Waals surface area (Å²) in [5.41, 5.74) is 0.545. The summed E-state index contributed by atoms with van der Waals surface area (Å²) in [6.07, 6.45) is -4.89. The number of aliphatic carboxylic acids is 1. The van der Waals surface area contributed by atoms with E-state index in [1.54, 1.807) is 30.3 Å². The van der Waals surface area contributed by atoms with Crippen molar-refractivity contribution in [2.75, 3.05) is 13.2 Å². The van der Waals surface area contributed by atoms with Crippen molar-refractivity contribution in [3.05, 3.63) is 35.9 Å². The van der Waals surface area contributed by atoms with E-state index in [-0.39, 0.29) is 6.42 Å². The number of carbonyl (C=O) groups excluding carboxylic acids is 1. The smallest absolute Gasteiger partial charge is 0.411 e. The van der Waals surface area contributed by atoms with Crippen LogP contribution >= 0.6 is 0 Å². The maximum absolute atomic E-state index is 11.9. The molecule has 0 saturated heterocycles. The number of hydrogen-bond acceptors (Lipinski definition) is 3. The number of benzene rings is 1. The van der Waals surface area contributed by atoms with Crippen LogP contribution in [0.1, 0.15) is 18.0 Å². The number of alkyl halides is 3. The zero-order valence-electron chi connectivity index (χ0n) is 10.9. The summed E-state index contributed by atoms with van der Waals surface area (Å²) in [6.45, 7) is -2.32. The van der Waals surface area contributed by atoms with Gasteiger partial charge in [-0.25, -0.2) is 0 Å². The van der Waals surface area contributed by atoms with Crippen molar-refractivity contribution >= 4 is 11.9 Å². The Labute approximate surface area is 118 Å². The molecule has 1 atom stereocenters. The molecule has 1 rings (SSSR count). The Bertz CT molecular complexity index is 476. The first-order valence-electron chi connectivity index (χ1n) is 5.98. The number of ether oxygens (including phenoxy) is 1. The highest BCUT2D eigenvalue weighted by Gasteiger charge is 2.28. The molecule has 0 aliphatic rings. The summed E-state index contributed by atoms with van der Waals surface area (Å²) in [5, 5.41) is 11.1. The van der Waals surface area contributed by atoms with Gasteiger partial charge in [0.2, 0.25) is 5.91 Å². The number of nitrogens with one attached hydrogen (secondary N) is 1. The van der Waals surface area contributed by atoms with Crippen LogP contribution in [0, 0.1) is 0 Å². The van der Waals surface area contributed by atoms with E-state index >= 15 is 0 Å². The highest BCUT2D eigenvalue weighted by atomic mass is 19.4. The van der Waals surface area contributed by atoms with Gasteiger partial charge in [0.05, 0.1) is 12.5 Å². The molecule has 0 fully saturated rings. The first kappa shape index (κ1) is 17.0. The Kier molecular flexibility index (Phi) is 6.16. The molecular weight excluding hydrogens is 291 g/mol. The summed E-state index contributed by atoms with van der Waals surface area (Å²) >= 11 is 0. The van der Waals surface area contributed by atoms with Gasteiger partial charge < -0.3 is 15.2 Å². The minimum Gasteiger partial charge on any atom is -0.481 e. The molecule has 1 aromatic carbocycles. The number of carboxylic acid groups (broad SMARTS) is 1. The molecular formula is C13H14F3NO4. The normalized spacial score (nSPS) is 12.7. The number of amides is 1. The number of halogens is 3. The fraction of sp³-hybridized carbons (Fsp3) is 0.385. The Morgan fingerprint density at radius 3 is 2.38 bits per heavy atom. The Morgan fingerprint density at radius 1 is 1.24 bits per heavy atom. The van der Waals surface area contributed by atoms with Gasteiger partial charge in [0.15, 0.2) is 0 Å². The van der Waals surface area contributed by atoms with Crippen LogP contribution in [0.4, 0.5) is 13.2 Å². The highest BCUT2D eigenvalue weighted by molar-refractivity contribution is 5.78. The van der Waals surface area contributed by atoms with E-state index in [0.29, 0.717) is 5.56 Å². The van der Waals surface area contributed by atoms with Crippen LogP contribution in [0.15, 0.2) is 30.3 Å². The maximum Gasteiger partial charge on any atom is 0.411 e. The Morgan fingerprint density at radius 2 is 1.86 bits per heavy atom. The average Bonchev–Trinajstić information content (AvgIpc) is 2.37. The van der Waals surface area contributed by atoms with Crippen LogP contribution < -0.4 is 5.32 Å². The first-order chi connectivity index (χ1) is 9.78. The van der Waals surface area contributed by atoms with Gasteiger partial charge in [-0.15, -0.1) is 0 Å². The highest BCUT2D eigenvalue weighted by Crippen LogP contribution is 2.17. The maximum atomic E-state index is 11.9. The lowest BCUT2D eigenvalue weighted by Gasteiger charge is -2.17. The number of carbonyl (C=O) groups is 2. The molecule has 0 spiro atoms. The summed E-state index contributed by atoms with van der Waals surface area (Å²) in [5.74, 6) is -1.95. The number of carboxylic acids is 1. The van der Waals surface area contributed by atoms with E-state index in [4.69, 9.17) is 5.11 Å². The summed E-state index contributed by atoms with van der Waals surface area (Å²) in [4.78, 5) is 22.3. The molecule has 0 aliphatic heterocycles. The van der Waals surface area contributed by atoms with Crippen LogP contribution in [0.2, 0.25) is 0 Å². The van der Waals surface area contributed by atoms with Crippen molar-refractivity contribution in [2.45, 2.75) is 18.6 Å². The molecule has 1 amide bonds. The molecule has 0 aromatic heterocycles. The van der Waals surface area contributed by atoms with Crippen LogP contribution in [0.3, 0.4) is 0 Å². The second-order valence-corrected chi connectivity index (χ2v) is 4.24. The van der Waals surface area contributed by atoms with Crippen molar-refractivity contribution < 1.29 is 32.6 Å². The van der Waals surface area contributed by atoms with Gasteiger partial charge in [-0.05, 0) is 5.56 Å². The van der Waals surface area contributed by atoms with Crippen LogP contribution in [0.5, 0.6) is 0 Å². The van der Waals surface area contributed by atoms with Gasteiger partial charge >= 0.3 is 12.1 Å². The monoisotopic (exact) mass is 305 g/mol. The van der Waals surface area contributed by atoms with E-state index in [1.807, 2.05) is 0 Å². The van der Waals surface area contributed by atoms with Gasteiger partial charge in [0, 0.05) is 0 Å². The fourth-order valence-corrected chi connectivity index (χ4v) is 1.61. The van der Waals surface area contributed by atoms with E-state index < -0.39 is 37.3 Å². The van der Waals surface area contributed by atoms with Gasteiger partial charge in [-0.3, -0.25) is 9.59 Å². The number of hydrogen-bond donors (Lipinski definition) is 2. The van der Waals surface area contributed by atoms with Crippen molar-refractivity contribution in [1.29, 1.82) is 0 Å². The van der Waals surface area contributed by atoms with E-state index in [0.717, 1.165) is 0 Å². The predicted molar refractivity (Wildman–Crippen MR) is 66.5 cm³/mol. The molecule has 2 N–H and O–H groups in total. The Balaban J connectivity index is 2.57. The summed E-state index contributed by atoms with van der Waals surface area (Å²) < 4.78 is 39.8. The topological polar surface area (TPSA) is 75.6 Å². The molecule has 21 heavy (non-hydrogen) atoms. The van der Waals surface area contributed by atoms with Crippen LogP contribution in [-0.2, 0) is 14.3 Å². The van der Waals surface area contributed by atoms with Gasteiger partial charge in [0.1, 0.15) is 13.2 Å². The van der Waals surface area contributed by atoms with Crippen LogP contribution in [-0.4, -0.2) is 36.4 Å². The quantitative estimate of drug-likeness (QED) is 0.806. The van der Waals surface area contributed by atoms with Crippen LogP contribution in [0.25, 0.3) is 0 Å². The molecule has 0 saturated carbocycles. The minimum atomic E-state index is -4.51. The predicted octanol–water partition coefficient (Wildman–Crippen LogP) is 1.90. The van der Waals surface area contributed by atoms with E-state index in [9.17, 15) is 22.8 Å². The second kappa shape index (κ2) is 7.63. The van der Waals surface area contributed by atoms with Crippen molar-refractivity contribution in [1.82, 2.24) is 5.32 Å². The summed E-state index contributed by atoms with van der Waals surface area (Å²) in [7, 11) is 0. The first-order valence-corrected chi connectivity index (χ1v) is 5.98.